The average Bonchev–Trinajstić information content (AvgIpc) is 2.31. The monoisotopic (exact) mass is 234 g/mol. The predicted molar refractivity (Wildman–Crippen MR) is 63.3 cm³/mol. The van der Waals surface area contributed by atoms with Gasteiger partial charge in [-0.2, -0.15) is 0 Å². The van der Waals surface area contributed by atoms with Gasteiger partial charge in [0.25, 0.3) is 0 Å². The van der Waals surface area contributed by atoms with Crippen molar-refractivity contribution in [1.82, 2.24) is 4.98 Å². The van der Waals surface area contributed by atoms with Crippen LogP contribution in [-0.2, 0) is 9.53 Å². The summed E-state index contributed by atoms with van der Waals surface area (Å²) < 4.78 is 9.75. The van der Waals surface area contributed by atoms with E-state index < -0.39 is 0 Å². The van der Waals surface area contributed by atoms with Crippen molar-refractivity contribution in [3.63, 3.8) is 0 Å². The molecule has 90 valence electrons. The van der Waals surface area contributed by atoms with E-state index in [0.29, 0.717) is 23.7 Å². The second kappa shape index (κ2) is 6.38. The van der Waals surface area contributed by atoms with Crippen molar-refractivity contribution < 1.29 is 14.3 Å². The highest BCUT2D eigenvalue weighted by Crippen LogP contribution is 2.18. The van der Waals surface area contributed by atoms with Crippen molar-refractivity contribution in [3.05, 3.63) is 17.8 Å². The molecule has 0 aliphatic rings. The Kier molecular flexibility index (Phi) is 4.82. The van der Waals surface area contributed by atoms with E-state index in [9.17, 15) is 4.79 Å². The number of carbonyl (C=O) groups excluding carboxylic acids is 1. The highest BCUT2D eigenvalue weighted by Gasteiger charge is 2.00. The van der Waals surface area contributed by atoms with E-state index >= 15 is 0 Å². The van der Waals surface area contributed by atoms with Crippen molar-refractivity contribution in [2.45, 2.75) is 13.3 Å². The molecule has 0 aliphatic heterocycles. The summed E-state index contributed by atoms with van der Waals surface area (Å²) in [5.74, 6) is 5.92. The molecule has 1 heterocycles. The van der Waals surface area contributed by atoms with E-state index in [1.165, 1.54) is 13.3 Å². The standard InChI is InChI=1S/C12H14N2O3/c1-3-17-11(15)6-4-5-9-7-10(16-2)12(13)14-8-9/h7-8H,3,6H2,1-2H3,(H2,13,14). The van der Waals surface area contributed by atoms with Gasteiger partial charge in [-0.05, 0) is 6.92 Å². The molecule has 0 saturated carbocycles. The van der Waals surface area contributed by atoms with Gasteiger partial charge in [-0.3, -0.25) is 4.79 Å². The Morgan fingerprint density at radius 3 is 3.00 bits per heavy atom. The molecule has 0 fully saturated rings. The molecule has 0 radical (unpaired) electrons. The summed E-state index contributed by atoms with van der Waals surface area (Å²) in [5.41, 5.74) is 6.20. The van der Waals surface area contributed by atoms with Crippen LogP contribution in [0, 0.1) is 11.8 Å². The van der Waals surface area contributed by atoms with Crippen LogP contribution in [-0.4, -0.2) is 24.7 Å². The van der Waals surface area contributed by atoms with Crippen LogP contribution in [0.25, 0.3) is 0 Å². The Bertz CT molecular complexity index is 461. The third kappa shape index (κ3) is 4.03. The van der Waals surface area contributed by atoms with Gasteiger partial charge in [-0.1, -0.05) is 11.8 Å². The summed E-state index contributed by atoms with van der Waals surface area (Å²) in [4.78, 5) is 14.9. The molecule has 1 aromatic heterocycles. The molecule has 0 aliphatic carbocycles. The largest absolute Gasteiger partial charge is 0.493 e. The van der Waals surface area contributed by atoms with Gasteiger partial charge in [0.15, 0.2) is 11.6 Å². The molecule has 0 amide bonds. The van der Waals surface area contributed by atoms with E-state index in [1.54, 1.807) is 13.0 Å². The lowest BCUT2D eigenvalue weighted by Gasteiger charge is -2.02. The van der Waals surface area contributed by atoms with Crippen LogP contribution in [0.1, 0.15) is 18.9 Å². The molecule has 0 atom stereocenters. The molecule has 0 bridgehead atoms. The summed E-state index contributed by atoms with van der Waals surface area (Å²) in [7, 11) is 1.50. The first kappa shape index (κ1) is 12.8. The van der Waals surface area contributed by atoms with Gasteiger partial charge in [0.2, 0.25) is 0 Å². The lowest BCUT2D eigenvalue weighted by molar-refractivity contribution is -0.141. The maximum atomic E-state index is 11.0. The van der Waals surface area contributed by atoms with Gasteiger partial charge in [-0.25, -0.2) is 4.98 Å². The third-order valence-corrected chi connectivity index (χ3v) is 1.87. The quantitative estimate of drug-likeness (QED) is 0.623. The zero-order chi connectivity index (χ0) is 12.7. The van der Waals surface area contributed by atoms with Crippen molar-refractivity contribution in [2.75, 3.05) is 19.5 Å². The fourth-order valence-electron chi connectivity index (χ4n) is 1.12. The fraction of sp³-hybridized carbons (Fsp3) is 0.333. The van der Waals surface area contributed by atoms with Gasteiger partial charge in [0, 0.05) is 17.8 Å². The van der Waals surface area contributed by atoms with Crippen LogP contribution in [0.3, 0.4) is 0 Å². The van der Waals surface area contributed by atoms with Crippen LogP contribution in [0.5, 0.6) is 5.75 Å². The molecule has 0 saturated heterocycles. The highest BCUT2D eigenvalue weighted by atomic mass is 16.5. The van der Waals surface area contributed by atoms with Crippen molar-refractivity contribution in [1.29, 1.82) is 0 Å². The second-order valence-electron chi connectivity index (χ2n) is 3.10. The number of carbonyl (C=O) groups is 1. The van der Waals surface area contributed by atoms with Crippen LogP contribution in [0.2, 0.25) is 0 Å². The number of pyridine rings is 1. The van der Waals surface area contributed by atoms with Crippen molar-refractivity contribution in [2.24, 2.45) is 0 Å². The molecule has 1 aromatic rings. The Hall–Kier alpha value is -2.22. The van der Waals surface area contributed by atoms with E-state index in [2.05, 4.69) is 16.8 Å². The van der Waals surface area contributed by atoms with Gasteiger partial charge in [0.1, 0.15) is 6.42 Å². The normalized spacial score (nSPS) is 9.06. The minimum absolute atomic E-state index is 0.0561. The molecule has 5 nitrogen and oxygen atoms in total. The molecule has 0 aromatic carbocycles. The maximum absolute atomic E-state index is 11.0. The zero-order valence-electron chi connectivity index (χ0n) is 9.82. The number of esters is 1. The van der Waals surface area contributed by atoms with Gasteiger partial charge < -0.3 is 15.2 Å². The van der Waals surface area contributed by atoms with Crippen LogP contribution in [0.4, 0.5) is 5.82 Å². The summed E-state index contributed by atoms with van der Waals surface area (Å²) in [6.07, 6.45) is 1.58. The number of hydrogen-bond acceptors (Lipinski definition) is 5. The number of methoxy groups -OCH3 is 1. The van der Waals surface area contributed by atoms with Crippen LogP contribution in [0.15, 0.2) is 12.3 Å². The number of nitrogen functional groups attached to an aromatic ring is 1. The van der Waals surface area contributed by atoms with Gasteiger partial charge in [-0.15, -0.1) is 0 Å². The van der Waals surface area contributed by atoms with Gasteiger partial charge >= 0.3 is 5.97 Å². The Labute approximate surface area is 99.9 Å². The Morgan fingerprint density at radius 2 is 2.35 bits per heavy atom. The molecular weight excluding hydrogens is 220 g/mol. The predicted octanol–water partition coefficient (Wildman–Crippen LogP) is 0.977. The number of rotatable bonds is 3. The highest BCUT2D eigenvalue weighted by molar-refractivity contribution is 5.72. The summed E-state index contributed by atoms with van der Waals surface area (Å²) in [6, 6.07) is 1.67. The number of nitrogens with two attached hydrogens (primary N) is 1. The average molecular weight is 234 g/mol. The number of hydrogen-bond donors (Lipinski definition) is 1. The molecular formula is C12H14N2O3. The third-order valence-electron chi connectivity index (χ3n) is 1.87. The summed E-state index contributed by atoms with van der Waals surface area (Å²) in [6.45, 7) is 2.11. The van der Waals surface area contributed by atoms with Crippen LogP contribution < -0.4 is 10.5 Å². The lowest BCUT2D eigenvalue weighted by atomic mass is 10.2. The Morgan fingerprint density at radius 1 is 1.59 bits per heavy atom. The number of anilines is 1. The smallest absolute Gasteiger partial charge is 0.317 e. The topological polar surface area (TPSA) is 74.4 Å². The number of ether oxygens (including phenoxy) is 2. The van der Waals surface area contributed by atoms with Crippen molar-refractivity contribution in [3.8, 4) is 17.6 Å². The minimum Gasteiger partial charge on any atom is -0.493 e. The maximum Gasteiger partial charge on any atom is 0.317 e. The summed E-state index contributed by atoms with van der Waals surface area (Å²) in [5, 5.41) is 0. The summed E-state index contributed by atoms with van der Waals surface area (Å²) >= 11 is 0. The zero-order valence-corrected chi connectivity index (χ0v) is 9.82. The molecule has 1 rings (SSSR count). The Balaban J connectivity index is 2.69. The first-order chi connectivity index (χ1) is 8.17. The second-order valence-corrected chi connectivity index (χ2v) is 3.10. The van der Waals surface area contributed by atoms with E-state index in [1.807, 2.05) is 0 Å². The lowest BCUT2D eigenvalue weighted by Crippen LogP contribution is -2.01. The van der Waals surface area contributed by atoms with E-state index in [4.69, 9.17) is 15.2 Å². The molecule has 0 unspecified atom stereocenters. The molecule has 17 heavy (non-hydrogen) atoms. The first-order valence-electron chi connectivity index (χ1n) is 5.11. The van der Waals surface area contributed by atoms with E-state index in [-0.39, 0.29) is 12.4 Å². The van der Waals surface area contributed by atoms with E-state index in [0.717, 1.165) is 0 Å². The minimum atomic E-state index is -0.338. The van der Waals surface area contributed by atoms with Gasteiger partial charge in [0.05, 0.1) is 13.7 Å². The fourth-order valence-corrected chi connectivity index (χ4v) is 1.12. The van der Waals surface area contributed by atoms with Crippen molar-refractivity contribution >= 4 is 11.8 Å². The number of aromatic nitrogens is 1. The SMILES string of the molecule is CCOC(=O)CC#Cc1cnc(N)c(OC)c1. The molecule has 5 heteroatoms. The first-order valence-corrected chi connectivity index (χ1v) is 5.11. The molecule has 0 spiro atoms. The molecule has 2 N–H and O–H groups in total. The van der Waals surface area contributed by atoms with Crippen LogP contribution >= 0.6 is 0 Å². The number of nitrogens with zero attached hydrogens (tertiary/aromatic N) is 1.